The lowest BCUT2D eigenvalue weighted by atomic mass is 9.84. The molecule has 4 aromatic rings. The molecule has 2 aromatic heterocycles. The van der Waals surface area contributed by atoms with Crippen LogP contribution in [0.5, 0.6) is 0 Å². The summed E-state index contributed by atoms with van der Waals surface area (Å²) in [5, 5.41) is 11.9. The number of imidazole rings is 1. The van der Waals surface area contributed by atoms with Crippen molar-refractivity contribution in [3.8, 4) is 0 Å². The van der Waals surface area contributed by atoms with Gasteiger partial charge >= 0.3 is 5.97 Å². The van der Waals surface area contributed by atoms with Gasteiger partial charge in [-0.1, -0.05) is 24.3 Å². The van der Waals surface area contributed by atoms with Crippen molar-refractivity contribution in [2.24, 2.45) is 0 Å². The van der Waals surface area contributed by atoms with Gasteiger partial charge in [-0.05, 0) is 43.5 Å². The Hall–Kier alpha value is -3.72. The molecule has 0 aliphatic carbocycles. The highest BCUT2D eigenvalue weighted by atomic mass is 32.1. The summed E-state index contributed by atoms with van der Waals surface area (Å²) in [6, 6.07) is 13.5. The van der Waals surface area contributed by atoms with E-state index in [1.807, 2.05) is 54.8 Å². The van der Waals surface area contributed by atoms with Crippen LogP contribution in [0.15, 0.2) is 54.2 Å². The summed E-state index contributed by atoms with van der Waals surface area (Å²) in [7, 11) is 0. The van der Waals surface area contributed by atoms with Crippen molar-refractivity contribution < 1.29 is 19.5 Å². The number of benzene rings is 2. The molecular weight excluding hydrogens is 464 g/mol. The number of rotatable bonds is 8. The number of nitrogens with one attached hydrogen (secondary N) is 1. The van der Waals surface area contributed by atoms with E-state index in [-0.39, 0.29) is 18.2 Å². The van der Waals surface area contributed by atoms with Crippen molar-refractivity contribution in [2.75, 3.05) is 13.1 Å². The minimum Gasteiger partial charge on any atom is -0.481 e. The van der Waals surface area contributed by atoms with Crippen molar-refractivity contribution in [1.82, 2.24) is 19.8 Å². The summed E-state index contributed by atoms with van der Waals surface area (Å²) in [5.41, 5.74) is 2.27. The Kier molecular flexibility index (Phi) is 6.02. The van der Waals surface area contributed by atoms with Gasteiger partial charge < -0.3 is 19.9 Å². The molecule has 35 heavy (non-hydrogen) atoms. The average Bonchev–Trinajstić information content (AvgIpc) is 3.48. The number of nitrogens with zero attached hydrogens (tertiary/aromatic N) is 3. The number of hydrogen-bond acceptors (Lipinski definition) is 5. The van der Waals surface area contributed by atoms with Crippen LogP contribution >= 0.6 is 11.3 Å². The van der Waals surface area contributed by atoms with Gasteiger partial charge in [-0.3, -0.25) is 14.4 Å². The summed E-state index contributed by atoms with van der Waals surface area (Å²) in [6.07, 6.45) is 2.50. The Morgan fingerprint density at radius 2 is 2.06 bits per heavy atom. The summed E-state index contributed by atoms with van der Waals surface area (Å²) in [4.78, 5) is 49.1. The highest BCUT2D eigenvalue weighted by Gasteiger charge is 2.51. The third-order valence-corrected chi connectivity index (χ3v) is 7.76. The van der Waals surface area contributed by atoms with Crippen molar-refractivity contribution in [3.63, 3.8) is 0 Å². The van der Waals surface area contributed by atoms with Crippen molar-refractivity contribution in [2.45, 2.75) is 38.3 Å². The van der Waals surface area contributed by atoms with Gasteiger partial charge in [-0.15, -0.1) is 11.3 Å². The predicted octanol–water partition coefficient (Wildman–Crippen LogP) is 4.28. The lowest BCUT2D eigenvalue weighted by Crippen LogP contribution is -2.67. The van der Waals surface area contributed by atoms with Gasteiger partial charge in [0, 0.05) is 41.5 Å². The largest absolute Gasteiger partial charge is 0.481 e. The normalized spacial score (nSPS) is 17.5. The molecule has 2 amide bonds. The van der Waals surface area contributed by atoms with E-state index in [1.165, 1.54) is 11.3 Å². The number of carbonyl (C=O) groups is 3. The second-order valence-electron chi connectivity index (χ2n) is 9.10. The van der Waals surface area contributed by atoms with Crippen LogP contribution in [0.2, 0.25) is 0 Å². The number of hydrogen-bond donors (Lipinski definition) is 2. The first kappa shape index (κ1) is 23.0. The Morgan fingerprint density at radius 3 is 2.83 bits per heavy atom. The number of H-pyrrole nitrogens is 1. The van der Waals surface area contributed by atoms with Gasteiger partial charge in [0.2, 0.25) is 5.91 Å². The van der Waals surface area contributed by atoms with Crippen LogP contribution in [0.4, 0.5) is 0 Å². The van der Waals surface area contributed by atoms with Gasteiger partial charge in [0.15, 0.2) is 0 Å². The number of fused-ring (bicyclic) bond motifs is 2. The van der Waals surface area contributed by atoms with Crippen molar-refractivity contribution >= 4 is 50.2 Å². The number of aliphatic carboxylic acids is 1. The first-order valence-electron chi connectivity index (χ1n) is 11.6. The molecule has 2 N–H and O–H groups in total. The van der Waals surface area contributed by atoms with Gasteiger partial charge in [0.05, 0.1) is 22.9 Å². The summed E-state index contributed by atoms with van der Waals surface area (Å²) in [6.45, 7) is 2.94. The van der Waals surface area contributed by atoms with E-state index in [0.717, 1.165) is 26.7 Å². The van der Waals surface area contributed by atoms with Gasteiger partial charge in [0.25, 0.3) is 5.91 Å². The van der Waals surface area contributed by atoms with E-state index in [2.05, 4.69) is 9.97 Å². The standard InChI is InChI=1S/C26H26N4O4S/c1-26(10-12-30(26)24(33)19-15-35-22-6-3-2-5-18(19)22)25(34)29(11-4-7-23(31)32)14-17-8-9-20-21(13-17)28-16-27-20/h2-3,5-6,8-9,13,15-16H,4,7,10-12,14H2,1H3,(H,27,28)(H,31,32). The fraction of sp³-hybridized carbons (Fsp3) is 0.308. The Balaban J connectivity index is 1.39. The maximum absolute atomic E-state index is 13.9. The lowest BCUT2D eigenvalue weighted by molar-refractivity contribution is -0.150. The number of amides is 2. The Labute approximate surface area is 206 Å². The van der Waals surface area contributed by atoms with Crippen LogP contribution in [0.3, 0.4) is 0 Å². The second-order valence-corrected chi connectivity index (χ2v) is 10.0. The molecule has 1 atom stereocenters. The number of thiophene rings is 1. The summed E-state index contributed by atoms with van der Waals surface area (Å²) >= 11 is 1.52. The monoisotopic (exact) mass is 490 g/mol. The van der Waals surface area contributed by atoms with Crippen molar-refractivity contribution in [1.29, 1.82) is 0 Å². The summed E-state index contributed by atoms with van der Waals surface area (Å²) < 4.78 is 1.04. The number of aromatic amines is 1. The molecule has 2 aromatic carbocycles. The number of carboxylic acid groups (broad SMARTS) is 1. The zero-order valence-electron chi connectivity index (χ0n) is 19.4. The topological polar surface area (TPSA) is 107 Å². The minimum absolute atomic E-state index is 0.0242. The van der Waals surface area contributed by atoms with Crippen LogP contribution in [-0.4, -0.2) is 61.3 Å². The SMILES string of the molecule is CC1(C(=O)N(CCCC(=O)O)Cc2ccc3nc[nH]c3c2)CCN1C(=O)c1csc2ccccc12. The zero-order chi connectivity index (χ0) is 24.6. The van der Waals surface area contributed by atoms with E-state index >= 15 is 0 Å². The highest BCUT2D eigenvalue weighted by molar-refractivity contribution is 7.17. The molecule has 3 heterocycles. The lowest BCUT2D eigenvalue weighted by Gasteiger charge is -2.51. The molecular formula is C26H26N4O4S. The first-order chi connectivity index (χ1) is 16.9. The molecule has 1 fully saturated rings. The maximum atomic E-state index is 13.9. The molecule has 1 unspecified atom stereocenters. The van der Waals surface area contributed by atoms with Gasteiger partial charge in [-0.25, -0.2) is 4.98 Å². The first-order valence-corrected chi connectivity index (χ1v) is 12.5. The predicted molar refractivity (Wildman–Crippen MR) is 134 cm³/mol. The maximum Gasteiger partial charge on any atom is 0.303 e. The fourth-order valence-electron chi connectivity index (χ4n) is 4.71. The Bertz CT molecular complexity index is 1430. The van der Waals surface area contributed by atoms with E-state index in [9.17, 15) is 14.4 Å². The number of carbonyl (C=O) groups excluding carboxylic acids is 2. The molecule has 0 bridgehead atoms. The van der Waals surface area contributed by atoms with Crippen LogP contribution in [-0.2, 0) is 16.1 Å². The summed E-state index contributed by atoms with van der Waals surface area (Å²) in [5.74, 6) is -1.20. The van der Waals surface area contributed by atoms with Crippen LogP contribution < -0.4 is 0 Å². The van der Waals surface area contributed by atoms with Crippen molar-refractivity contribution in [3.05, 3.63) is 65.3 Å². The van der Waals surface area contributed by atoms with E-state index in [1.54, 1.807) is 16.1 Å². The minimum atomic E-state index is -0.971. The number of aromatic nitrogens is 2. The third kappa shape index (κ3) is 4.27. The van der Waals surface area contributed by atoms with Crippen LogP contribution in [0, 0.1) is 0 Å². The molecule has 1 aliphatic rings. The molecule has 9 heteroatoms. The van der Waals surface area contributed by atoms with E-state index in [0.29, 0.717) is 38.0 Å². The quantitative estimate of drug-likeness (QED) is 0.384. The van der Waals surface area contributed by atoms with Gasteiger partial charge in [0.1, 0.15) is 5.54 Å². The average molecular weight is 491 g/mol. The molecule has 0 saturated carbocycles. The number of carboxylic acids is 1. The third-order valence-electron chi connectivity index (χ3n) is 6.80. The van der Waals surface area contributed by atoms with Gasteiger partial charge in [-0.2, -0.15) is 0 Å². The molecule has 1 saturated heterocycles. The zero-order valence-corrected chi connectivity index (χ0v) is 20.2. The van der Waals surface area contributed by atoms with Crippen LogP contribution in [0.25, 0.3) is 21.1 Å². The smallest absolute Gasteiger partial charge is 0.303 e. The molecule has 0 spiro atoms. The second kappa shape index (κ2) is 9.14. The molecule has 8 nitrogen and oxygen atoms in total. The molecule has 180 valence electrons. The molecule has 0 radical (unpaired) electrons. The highest BCUT2D eigenvalue weighted by Crippen LogP contribution is 2.37. The Morgan fingerprint density at radius 1 is 1.23 bits per heavy atom. The fourth-order valence-corrected chi connectivity index (χ4v) is 5.65. The van der Waals surface area contributed by atoms with E-state index in [4.69, 9.17) is 5.11 Å². The van der Waals surface area contributed by atoms with E-state index < -0.39 is 11.5 Å². The molecule has 1 aliphatic heterocycles. The molecule has 5 rings (SSSR count). The number of likely N-dealkylation sites (tertiary alicyclic amines) is 1. The van der Waals surface area contributed by atoms with Crippen LogP contribution in [0.1, 0.15) is 42.1 Å².